The average molecular weight is 324 g/mol. The van der Waals surface area contributed by atoms with Crippen LogP contribution >= 0.6 is 0 Å². The van der Waals surface area contributed by atoms with Gasteiger partial charge in [0.2, 0.25) is 5.78 Å². The van der Waals surface area contributed by atoms with Crippen molar-refractivity contribution in [2.45, 2.75) is 26.8 Å². The van der Waals surface area contributed by atoms with Gasteiger partial charge in [-0.2, -0.15) is 0 Å². The van der Waals surface area contributed by atoms with Crippen molar-refractivity contribution in [1.82, 2.24) is 9.88 Å². The summed E-state index contributed by atoms with van der Waals surface area (Å²) in [6.07, 6.45) is 0. The van der Waals surface area contributed by atoms with Gasteiger partial charge < -0.3 is 19.5 Å². The van der Waals surface area contributed by atoms with Gasteiger partial charge in [-0.15, -0.1) is 0 Å². The van der Waals surface area contributed by atoms with Crippen molar-refractivity contribution in [3.63, 3.8) is 0 Å². The van der Waals surface area contributed by atoms with E-state index in [9.17, 15) is 14.4 Å². The Kier molecular flexibility index (Phi) is 6.09. The molecule has 0 aromatic carbocycles. The van der Waals surface area contributed by atoms with Crippen LogP contribution in [0.1, 0.15) is 39.0 Å². The molecule has 0 aliphatic carbocycles. The second kappa shape index (κ2) is 7.41. The van der Waals surface area contributed by atoms with Crippen molar-refractivity contribution in [2.75, 3.05) is 34.8 Å². The molecule has 0 bridgehead atoms. The van der Waals surface area contributed by atoms with Crippen LogP contribution in [-0.4, -0.2) is 68.4 Å². The molecular formula is C16H26N3O4+. The maximum atomic E-state index is 12.7. The molecule has 23 heavy (non-hydrogen) atoms. The van der Waals surface area contributed by atoms with Crippen LogP contribution in [0.4, 0.5) is 0 Å². The Hall–Kier alpha value is -2.15. The zero-order chi connectivity index (χ0) is 17.9. The minimum Gasteiger partial charge on any atom is -0.465 e. The molecule has 0 saturated carbocycles. The zero-order valence-corrected chi connectivity index (χ0v) is 14.9. The number of aromatic amines is 1. The largest absolute Gasteiger partial charge is 0.465 e. The minimum atomic E-state index is -0.466. The molecule has 1 rings (SSSR count). The van der Waals surface area contributed by atoms with Crippen LogP contribution in [0.3, 0.4) is 0 Å². The lowest BCUT2D eigenvalue weighted by Gasteiger charge is -2.21. The predicted molar refractivity (Wildman–Crippen MR) is 85.8 cm³/mol. The fraction of sp³-hybridized carbons (Fsp3) is 0.562. The summed E-state index contributed by atoms with van der Waals surface area (Å²) in [5.74, 6) is -0.645. The molecule has 7 nitrogen and oxygen atoms in total. The molecule has 1 unspecified atom stereocenters. The molecule has 2 atom stereocenters. The van der Waals surface area contributed by atoms with Gasteiger partial charge in [-0.1, -0.05) is 0 Å². The van der Waals surface area contributed by atoms with E-state index in [1.54, 1.807) is 41.9 Å². The summed E-state index contributed by atoms with van der Waals surface area (Å²) in [5, 5.41) is 0. The first kappa shape index (κ1) is 18.9. The number of hydrogen-bond donors (Lipinski definition) is 2. The summed E-state index contributed by atoms with van der Waals surface area (Å²) >= 11 is 0. The summed E-state index contributed by atoms with van der Waals surface area (Å²) in [6, 6.07) is -0.416. The van der Waals surface area contributed by atoms with Gasteiger partial charge in [0.15, 0.2) is 12.6 Å². The normalized spacial score (nSPS) is 13.3. The minimum absolute atomic E-state index is 0.0446. The molecule has 0 fully saturated rings. The first-order valence-electron chi connectivity index (χ1n) is 7.45. The van der Waals surface area contributed by atoms with E-state index in [1.165, 1.54) is 12.0 Å². The van der Waals surface area contributed by atoms with Gasteiger partial charge in [-0.3, -0.25) is 9.59 Å². The van der Waals surface area contributed by atoms with Gasteiger partial charge in [0.05, 0.1) is 25.4 Å². The van der Waals surface area contributed by atoms with Gasteiger partial charge in [0.25, 0.3) is 5.91 Å². The van der Waals surface area contributed by atoms with E-state index in [0.29, 0.717) is 22.5 Å². The SMILES string of the molecule is COC(=O)c1c(C)[nH]c(C(=O)[C@@H](C)[NH+](C)CC(=O)N(C)C)c1C. The fourth-order valence-corrected chi connectivity index (χ4v) is 2.39. The van der Waals surface area contributed by atoms with Crippen molar-refractivity contribution >= 4 is 17.7 Å². The van der Waals surface area contributed by atoms with Crippen LogP contribution in [0.25, 0.3) is 0 Å². The molecule has 0 aliphatic heterocycles. The smallest absolute Gasteiger partial charge is 0.339 e. The van der Waals surface area contributed by atoms with Crippen LogP contribution in [0.2, 0.25) is 0 Å². The number of carbonyl (C=O) groups is 3. The third kappa shape index (κ3) is 3.98. The van der Waals surface area contributed by atoms with Gasteiger partial charge in [0, 0.05) is 19.8 Å². The van der Waals surface area contributed by atoms with E-state index in [2.05, 4.69) is 4.98 Å². The number of aromatic nitrogens is 1. The maximum absolute atomic E-state index is 12.7. The highest BCUT2D eigenvalue weighted by Gasteiger charge is 2.30. The van der Waals surface area contributed by atoms with E-state index < -0.39 is 12.0 Å². The summed E-state index contributed by atoms with van der Waals surface area (Å²) in [7, 11) is 6.48. The number of hydrogen-bond acceptors (Lipinski definition) is 4. The maximum Gasteiger partial charge on any atom is 0.339 e. The highest BCUT2D eigenvalue weighted by atomic mass is 16.5. The molecule has 2 N–H and O–H groups in total. The van der Waals surface area contributed by atoms with E-state index >= 15 is 0 Å². The van der Waals surface area contributed by atoms with Crippen LogP contribution in [0.15, 0.2) is 0 Å². The number of nitrogens with zero attached hydrogens (tertiary/aromatic N) is 1. The van der Waals surface area contributed by atoms with Crippen molar-refractivity contribution in [3.05, 3.63) is 22.5 Å². The van der Waals surface area contributed by atoms with Crippen LogP contribution in [0, 0.1) is 13.8 Å². The molecule has 1 amide bonds. The molecule has 0 aliphatic rings. The first-order valence-corrected chi connectivity index (χ1v) is 7.45. The number of H-pyrrole nitrogens is 1. The molecule has 128 valence electrons. The second-order valence-corrected chi connectivity index (χ2v) is 6.01. The average Bonchev–Trinajstić information content (AvgIpc) is 2.79. The molecule has 1 aromatic rings. The number of esters is 1. The highest BCUT2D eigenvalue weighted by molar-refractivity contribution is 6.03. The van der Waals surface area contributed by atoms with Gasteiger partial charge >= 0.3 is 5.97 Å². The summed E-state index contributed by atoms with van der Waals surface area (Å²) in [5.41, 5.74) is 1.97. The topological polar surface area (TPSA) is 83.9 Å². The van der Waals surface area contributed by atoms with Crippen molar-refractivity contribution in [1.29, 1.82) is 0 Å². The number of ketones is 1. The number of ether oxygens (including phenoxy) is 1. The molecular weight excluding hydrogens is 298 g/mol. The number of carbonyl (C=O) groups excluding carboxylic acids is 3. The Morgan fingerprint density at radius 1 is 1.26 bits per heavy atom. The van der Waals surface area contributed by atoms with Crippen LogP contribution in [-0.2, 0) is 9.53 Å². The Labute approximate surface area is 136 Å². The van der Waals surface area contributed by atoms with Gasteiger partial charge in [-0.05, 0) is 26.3 Å². The third-order valence-electron chi connectivity index (χ3n) is 4.13. The van der Waals surface area contributed by atoms with E-state index in [1.807, 2.05) is 0 Å². The number of Topliss-reactive ketones (excluding diaryl/α,β-unsaturated/α-hetero) is 1. The number of rotatable bonds is 6. The Morgan fingerprint density at radius 2 is 1.83 bits per heavy atom. The number of methoxy groups -OCH3 is 1. The monoisotopic (exact) mass is 324 g/mol. The molecule has 0 saturated heterocycles. The molecule has 1 heterocycles. The Bertz CT molecular complexity index is 619. The Morgan fingerprint density at radius 3 is 2.30 bits per heavy atom. The van der Waals surface area contributed by atoms with Crippen molar-refractivity contribution in [3.8, 4) is 0 Å². The van der Waals surface area contributed by atoms with Crippen molar-refractivity contribution < 1.29 is 24.0 Å². The number of nitrogens with one attached hydrogen (secondary N) is 2. The predicted octanol–water partition coefficient (Wildman–Crippen LogP) is -0.408. The van der Waals surface area contributed by atoms with Crippen molar-refractivity contribution in [2.24, 2.45) is 0 Å². The van der Waals surface area contributed by atoms with Crippen LogP contribution < -0.4 is 4.90 Å². The number of quaternary nitrogens is 1. The quantitative estimate of drug-likeness (QED) is 0.550. The Balaban J connectivity index is 3.01. The summed E-state index contributed by atoms with van der Waals surface area (Å²) in [6.45, 7) is 5.44. The number of likely N-dealkylation sites (N-methyl/N-ethyl adjacent to an activating group) is 2. The lowest BCUT2D eigenvalue weighted by Crippen LogP contribution is -3.14. The second-order valence-electron chi connectivity index (χ2n) is 6.01. The number of amides is 1. The number of aryl methyl sites for hydroxylation is 1. The first-order chi connectivity index (χ1) is 10.6. The van der Waals surface area contributed by atoms with Crippen LogP contribution in [0.5, 0.6) is 0 Å². The molecule has 7 heteroatoms. The molecule has 0 radical (unpaired) electrons. The lowest BCUT2D eigenvalue weighted by atomic mass is 10.0. The zero-order valence-electron chi connectivity index (χ0n) is 14.9. The van der Waals surface area contributed by atoms with Gasteiger partial charge in [0.1, 0.15) is 0 Å². The fourth-order valence-electron chi connectivity index (χ4n) is 2.39. The third-order valence-corrected chi connectivity index (χ3v) is 4.13. The van der Waals surface area contributed by atoms with Gasteiger partial charge in [-0.25, -0.2) is 4.79 Å². The summed E-state index contributed by atoms with van der Waals surface area (Å²) in [4.78, 5) is 41.6. The lowest BCUT2D eigenvalue weighted by molar-refractivity contribution is -0.885. The standard InChI is InChI=1S/C16H25N3O4/c1-9-13(16(22)23-7)10(2)17-14(9)15(21)11(3)19(6)8-12(20)18(4)5/h11,17H,8H2,1-7H3/p+1/t11-/m1/s1. The molecule has 0 spiro atoms. The van der Waals surface area contributed by atoms with E-state index in [-0.39, 0.29) is 18.2 Å². The summed E-state index contributed by atoms with van der Waals surface area (Å²) < 4.78 is 4.75. The molecule has 1 aromatic heterocycles. The van der Waals surface area contributed by atoms with E-state index in [0.717, 1.165) is 4.90 Å². The highest BCUT2D eigenvalue weighted by Crippen LogP contribution is 2.19. The van der Waals surface area contributed by atoms with E-state index in [4.69, 9.17) is 4.74 Å².